The summed E-state index contributed by atoms with van der Waals surface area (Å²) >= 11 is 1.49. The topological polar surface area (TPSA) is 158 Å². The van der Waals surface area contributed by atoms with E-state index < -0.39 is 22.0 Å². The first-order chi connectivity index (χ1) is 25.0. The van der Waals surface area contributed by atoms with Crippen LogP contribution >= 0.6 is 11.3 Å². The number of aromatic carboxylic acids is 1. The molecule has 1 heterocycles. The lowest BCUT2D eigenvalue weighted by Crippen LogP contribution is -2.34. The fraction of sp³-hybridized carbons (Fsp3) is 0.350. The maximum atomic E-state index is 13.9. The number of sulfonamides is 1. The van der Waals surface area contributed by atoms with Gasteiger partial charge in [0, 0.05) is 46.4 Å². The van der Waals surface area contributed by atoms with E-state index in [0.717, 1.165) is 79.4 Å². The lowest BCUT2D eigenvalue weighted by Gasteiger charge is -2.22. The van der Waals surface area contributed by atoms with Gasteiger partial charge in [0.05, 0.1) is 16.0 Å². The summed E-state index contributed by atoms with van der Waals surface area (Å²) in [5.74, 6) is -2.47. The number of nitrogens with zero attached hydrogens (tertiary/aromatic N) is 1. The molecule has 1 amide bonds. The quantitative estimate of drug-likeness (QED) is 0.0959. The number of carbonyl (C=O) groups excluding carboxylic acids is 2. The molecule has 2 aliphatic rings. The van der Waals surface area contributed by atoms with Crippen LogP contribution in [0.3, 0.4) is 0 Å². The normalized spacial score (nSPS) is 14.2. The standard InChI is InChI=1S/C40H42N2O8S2/c43-34(29-8-4-9-32(24-29)52(49,50)42(31-21-22-31)23-5-12-37(44)45)25-36-38(33-10-1-2-11-35(33)51-36)39(46)41-30-19-15-27(16-20-30)7-3-6-26-13-17-28(18-14-26)40(47)48/h4,8-9,13-20,24,31H,1-3,5-7,10-12,21-23,25H2,(H,41,46)(H,44,45)(H,47,48). The third-order valence-electron chi connectivity index (χ3n) is 9.62. The number of ketones is 1. The van der Waals surface area contributed by atoms with Crippen molar-refractivity contribution in [2.75, 3.05) is 11.9 Å². The lowest BCUT2D eigenvalue weighted by molar-refractivity contribution is -0.137. The summed E-state index contributed by atoms with van der Waals surface area (Å²) in [5.41, 5.74) is 4.87. The average molecular weight is 743 g/mol. The Morgan fingerprint density at radius 2 is 1.50 bits per heavy atom. The summed E-state index contributed by atoms with van der Waals surface area (Å²) in [6.07, 6.45) is 7.59. The number of aliphatic carboxylic acids is 1. The molecule has 2 aliphatic carbocycles. The van der Waals surface area contributed by atoms with Crippen molar-refractivity contribution >= 4 is 50.7 Å². The number of amides is 1. The Hall–Kier alpha value is -4.65. The predicted molar refractivity (Wildman–Crippen MR) is 199 cm³/mol. The van der Waals surface area contributed by atoms with Gasteiger partial charge < -0.3 is 15.5 Å². The maximum Gasteiger partial charge on any atom is 0.335 e. The molecule has 0 saturated heterocycles. The Kier molecular flexibility index (Phi) is 11.7. The molecule has 0 bridgehead atoms. The average Bonchev–Trinajstić information content (AvgIpc) is 3.90. The van der Waals surface area contributed by atoms with E-state index in [0.29, 0.717) is 16.1 Å². The van der Waals surface area contributed by atoms with Crippen molar-refractivity contribution in [1.29, 1.82) is 0 Å². The molecule has 0 unspecified atom stereocenters. The van der Waals surface area contributed by atoms with Crippen LogP contribution in [0.4, 0.5) is 5.69 Å². The molecule has 3 aromatic carbocycles. The number of fused-ring (bicyclic) bond motifs is 1. The van der Waals surface area contributed by atoms with Crippen LogP contribution in [0.25, 0.3) is 0 Å². The molecule has 0 atom stereocenters. The molecule has 10 nitrogen and oxygen atoms in total. The van der Waals surface area contributed by atoms with Gasteiger partial charge in [-0.3, -0.25) is 14.4 Å². The highest BCUT2D eigenvalue weighted by Crippen LogP contribution is 2.37. The first-order valence-corrected chi connectivity index (χ1v) is 20.0. The van der Waals surface area contributed by atoms with Crippen LogP contribution in [-0.2, 0) is 46.9 Å². The molecule has 3 N–H and O–H groups in total. The van der Waals surface area contributed by atoms with E-state index in [2.05, 4.69) is 5.32 Å². The van der Waals surface area contributed by atoms with Gasteiger partial charge in [-0.15, -0.1) is 11.3 Å². The van der Waals surface area contributed by atoms with E-state index in [-0.39, 0.29) is 59.6 Å². The zero-order chi connectivity index (χ0) is 36.8. The predicted octanol–water partition coefficient (Wildman–Crippen LogP) is 7.20. The second-order valence-corrected chi connectivity index (χ2v) is 16.6. The number of hydrogen-bond donors (Lipinski definition) is 3. The van der Waals surface area contributed by atoms with Crippen molar-refractivity contribution < 1.29 is 37.8 Å². The number of rotatable bonds is 17. The van der Waals surface area contributed by atoms with Gasteiger partial charge in [0.25, 0.3) is 5.91 Å². The van der Waals surface area contributed by atoms with E-state index in [1.807, 2.05) is 36.4 Å². The summed E-state index contributed by atoms with van der Waals surface area (Å²) in [7, 11) is -3.94. The second-order valence-electron chi connectivity index (χ2n) is 13.5. The number of benzene rings is 3. The third kappa shape index (κ3) is 9.04. The van der Waals surface area contributed by atoms with Crippen LogP contribution in [0.5, 0.6) is 0 Å². The second kappa shape index (κ2) is 16.4. The summed E-state index contributed by atoms with van der Waals surface area (Å²) in [4.78, 5) is 51.5. The van der Waals surface area contributed by atoms with E-state index in [1.165, 1.54) is 27.8 Å². The van der Waals surface area contributed by atoms with Crippen LogP contribution in [0.15, 0.2) is 77.7 Å². The first-order valence-electron chi connectivity index (χ1n) is 17.7. The van der Waals surface area contributed by atoms with Gasteiger partial charge in [0.1, 0.15) is 0 Å². The Labute approximate surface area is 307 Å². The number of anilines is 1. The number of carbonyl (C=O) groups is 4. The summed E-state index contributed by atoms with van der Waals surface area (Å²) in [6, 6.07) is 20.5. The number of hydrogen-bond acceptors (Lipinski definition) is 7. The number of nitrogens with one attached hydrogen (secondary N) is 1. The first kappa shape index (κ1) is 37.1. The number of thiophene rings is 1. The number of carboxylic acid groups (broad SMARTS) is 2. The monoisotopic (exact) mass is 742 g/mol. The minimum atomic E-state index is -3.94. The zero-order valence-corrected chi connectivity index (χ0v) is 30.4. The van der Waals surface area contributed by atoms with Crippen molar-refractivity contribution in [1.82, 2.24) is 4.31 Å². The van der Waals surface area contributed by atoms with Crippen LogP contribution in [-0.4, -0.2) is 59.2 Å². The van der Waals surface area contributed by atoms with E-state index in [9.17, 15) is 27.6 Å². The molecule has 1 saturated carbocycles. The van der Waals surface area contributed by atoms with E-state index in [1.54, 1.807) is 24.3 Å². The Balaban J connectivity index is 1.12. The third-order valence-corrected chi connectivity index (χ3v) is 12.9. The largest absolute Gasteiger partial charge is 0.481 e. The van der Waals surface area contributed by atoms with E-state index in [4.69, 9.17) is 10.2 Å². The molecular formula is C40H42N2O8S2. The summed E-state index contributed by atoms with van der Waals surface area (Å²) in [5, 5.41) is 21.2. The molecule has 12 heteroatoms. The summed E-state index contributed by atoms with van der Waals surface area (Å²) < 4.78 is 28.6. The molecule has 272 valence electrons. The Morgan fingerprint density at radius 1 is 0.827 bits per heavy atom. The van der Waals surface area contributed by atoms with Gasteiger partial charge in [0.15, 0.2) is 5.78 Å². The fourth-order valence-electron chi connectivity index (χ4n) is 6.73. The molecule has 4 aromatic rings. The number of Topliss-reactive ketones (excluding diaryl/α,β-unsaturated/α-hetero) is 1. The molecule has 1 fully saturated rings. The van der Waals surface area contributed by atoms with Gasteiger partial charge in [-0.1, -0.05) is 36.4 Å². The molecule has 6 rings (SSSR count). The maximum absolute atomic E-state index is 13.9. The van der Waals surface area contributed by atoms with Crippen LogP contribution in [0.2, 0.25) is 0 Å². The highest BCUT2D eigenvalue weighted by atomic mass is 32.2. The fourth-order valence-corrected chi connectivity index (χ4v) is 9.89. The van der Waals surface area contributed by atoms with Crippen molar-refractivity contribution in [2.24, 2.45) is 0 Å². The zero-order valence-electron chi connectivity index (χ0n) is 28.8. The molecule has 0 spiro atoms. The van der Waals surface area contributed by atoms with Gasteiger partial charge in [-0.25, -0.2) is 13.2 Å². The van der Waals surface area contributed by atoms with Crippen LogP contribution in [0, 0.1) is 0 Å². The highest BCUT2D eigenvalue weighted by molar-refractivity contribution is 7.89. The molecule has 0 aliphatic heterocycles. The van der Waals surface area contributed by atoms with Crippen molar-refractivity contribution in [3.05, 3.63) is 116 Å². The Morgan fingerprint density at radius 3 is 2.15 bits per heavy atom. The van der Waals surface area contributed by atoms with E-state index >= 15 is 0 Å². The SMILES string of the molecule is O=C(O)CCCN(C1CC1)S(=O)(=O)c1cccc(C(=O)Cc2sc3c(c2C(=O)Nc2ccc(CCCc4ccc(C(=O)O)cc4)cc2)CCCC3)c1. The number of aryl methyl sites for hydroxylation is 3. The molecule has 0 radical (unpaired) electrons. The van der Waals surface area contributed by atoms with Gasteiger partial charge >= 0.3 is 11.9 Å². The highest BCUT2D eigenvalue weighted by Gasteiger charge is 2.38. The van der Waals surface area contributed by atoms with Crippen LogP contribution in [0.1, 0.15) is 102 Å². The van der Waals surface area contributed by atoms with Crippen molar-refractivity contribution in [2.45, 2.75) is 88.0 Å². The molecular weight excluding hydrogens is 701 g/mol. The Bertz CT molecular complexity index is 2070. The van der Waals surface area contributed by atoms with Crippen molar-refractivity contribution in [3.8, 4) is 0 Å². The number of carboxylic acids is 2. The minimum Gasteiger partial charge on any atom is -0.481 e. The van der Waals surface area contributed by atoms with Gasteiger partial charge in [0.2, 0.25) is 10.0 Å². The smallest absolute Gasteiger partial charge is 0.335 e. The summed E-state index contributed by atoms with van der Waals surface area (Å²) in [6.45, 7) is 0.103. The lowest BCUT2D eigenvalue weighted by atomic mass is 9.93. The van der Waals surface area contributed by atoms with Crippen LogP contribution < -0.4 is 5.32 Å². The van der Waals surface area contributed by atoms with Gasteiger partial charge in [-0.2, -0.15) is 4.31 Å². The minimum absolute atomic E-state index is 0.00172. The molecule has 52 heavy (non-hydrogen) atoms. The van der Waals surface area contributed by atoms with Gasteiger partial charge in [-0.05, 0) is 117 Å². The van der Waals surface area contributed by atoms with Crippen molar-refractivity contribution in [3.63, 3.8) is 0 Å². The molecule has 1 aromatic heterocycles.